The monoisotopic (exact) mass is 379 g/mol. The first kappa shape index (κ1) is 17.8. The number of nitrogens with zero attached hydrogens (tertiary/aromatic N) is 4. The van der Waals surface area contributed by atoms with Gasteiger partial charge in [-0.3, -0.25) is 24.8 Å². The average Bonchev–Trinajstić information content (AvgIpc) is 2.70. The third kappa shape index (κ3) is 3.47. The standard InChI is InChI=1S/C19H17N5O4/c25-17-2-1-12(9-16(17)24(27)28)10-23-8-5-15-14(11-23)19(26)22-18(21-15)13-3-6-20-7-4-13/h1-4,6-7,9,25H,5,8,10-11H2,(H,21,22,26). The fraction of sp³-hybridized carbons (Fsp3) is 0.211. The summed E-state index contributed by atoms with van der Waals surface area (Å²) >= 11 is 0. The molecule has 0 radical (unpaired) electrons. The van der Waals surface area contributed by atoms with E-state index in [-0.39, 0.29) is 17.0 Å². The highest BCUT2D eigenvalue weighted by atomic mass is 16.6. The zero-order valence-corrected chi connectivity index (χ0v) is 14.8. The predicted molar refractivity (Wildman–Crippen MR) is 101 cm³/mol. The Morgan fingerprint density at radius 2 is 2.04 bits per heavy atom. The number of aromatic hydroxyl groups is 1. The van der Waals surface area contributed by atoms with E-state index < -0.39 is 4.92 Å². The maximum absolute atomic E-state index is 12.6. The van der Waals surface area contributed by atoms with Crippen molar-refractivity contribution in [1.29, 1.82) is 0 Å². The Morgan fingerprint density at radius 3 is 2.79 bits per heavy atom. The van der Waals surface area contributed by atoms with Crippen LogP contribution in [0, 0.1) is 10.1 Å². The SMILES string of the molecule is O=c1[nH]c(-c2ccncc2)nc2c1CN(Cc1ccc(O)c([N+](=O)[O-])c1)CC2. The molecule has 2 N–H and O–H groups in total. The maximum atomic E-state index is 12.6. The van der Waals surface area contributed by atoms with Crippen LogP contribution in [0.15, 0.2) is 47.5 Å². The Labute approximate surface area is 159 Å². The summed E-state index contributed by atoms with van der Waals surface area (Å²) in [5.41, 5.74) is 2.37. The molecule has 1 aliphatic heterocycles. The number of phenols is 1. The molecule has 4 rings (SSSR count). The molecule has 0 saturated heterocycles. The van der Waals surface area contributed by atoms with E-state index in [9.17, 15) is 20.0 Å². The molecule has 0 atom stereocenters. The molecule has 0 saturated carbocycles. The van der Waals surface area contributed by atoms with Crippen LogP contribution in [-0.2, 0) is 19.5 Å². The van der Waals surface area contributed by atoms with Gasteiger partial charge in [-0.25, -0.2) is 4.98 Å². The summed E-state index contributed by atoms with van der Waals surface area (Å²) in [7, 11) is 0. The minimum absolute atomic E-state index is 0.182. The molecule has 28 heavy (non-hydrogen) atoms. The molecule has 142 valence electrons. The van der Waals surface area contributed by atoms with Gasteiger partial charge in [-0.05, 0) is 23.8 Å². The van der Waals surface area contributed by atoms with Crippen LogP contribution in [0.4, 0.5) is 5.69 Å². The molecule has 2 aromatic heterocycles. The average molecular weight is 379 g/mol. The van der Waals surface area contributed by atoms with Crippen molar-refractivity contribution in [3.05, 3.63) is 80.0 Å². The molecule has 0 aliphatic carbocycles. The van der Waals surface area contributed by atoms with Gasteiger partial charge in [-0.1, -0.05) is 6.07 Å². The molecule has 3 aromatic rings. The lowest BCUT2D eigenvalue weighted by atomic mass is 10.1. The molecule has 0 fully saturated rings. The number of H-pyrrole nitrogens is 1. The smallest absolute Gasteiger partial charge is 0.311 e. The van der Waals surface area contributed by atoms with Gasteiger partial charge >= 0.3 is 5.69 Å². The number of aromatic amines is 1. The van der Waals surface area contributed by atoms with Gasteiger partial charge in [0.25, 0.3) is 5.56 Å². The van der Waals surface area contributed by atoms with E-state index in [1.54, 1.807) is 30.6 Å². The first-order valence-corrected chi connectivity index (χ1v) is 8.72. The Hall–Kier alpha value is -3.59. The van der Waals surface area contributed by atoms with E-state index in [0.29, 0.717) is 43.0 Å². The number of hydrogen-bond donors (Lipinski definition) is 2. The van der Waals surface area contributed by atoms with Gasteiger partial charge in [0.05, 0.1) is 16.2 Å². The second-order valence-corrected chi connectivity index (χ2v) is 6.62. The molecule has 0 spiro atoms. The summed E-state index contributed by atoms with van der Waals surface area (Å²) in [6, 6.07) is 7.91. The molecule has 1 aliphatic rings. The fourth-order valence-corrected chi connectivity index (χ4v) is 3.33. The summed E-state index contributed by atoms with van der Waals surface area (Å²) in [5, 5.41) is 20.6. The lowest BCUT2D eigenvalue weighted by Crippen LogP contribution is -2.35. The van der Waals surface area contributed by atoms with Crippen molar-refractivity contribution in [1.82, 2.24) is 19.9 Å². The van der Waals surface area contributed by atoms with Crippen LogP contribution in [0.1, 0.15) is 16.8 Å². The topological polar surface area (TPSA) is 125 Å². The third-order valence-electron chi connectivity index (χ3n) is 4.74. The highest BCUT2D eigenvalue weighted by molar-refractivity contribution is 5.54. The minimum atomic E-state index is -0.612. The number of hydrogen-bond acceptors (Lipinski definition) is 7. The molecule has 9 nitrogen and oxygen atoms in total. The highest BCUT2D eigenvalue weighted by Crippen LogP contribution is 2.27. The van der Waals surface area contributed by atoms with E-state index in [1.165, 1.54) is 12.1 Å². The van der Waals surface area contributed by atoms with E-state index in [2.05, 4.69) is 15.0 Å². The molecule has 0 unspecified atom stereocenters. The van der Waals surface area contributed by atoms with Crippen molar-refractivity contribution in [2.45, 2.75) is 19.5 Å². The van der Waals surface area contributed by atoms with E-state index in [4.69, 9.17) is 0 Å². The van der Waals surface area contributed by atoms with Gasteiger partial charge in [-0.15, -0.1) is 0 Å². The van der Waals surface area contributed by atoms with Crippen LogP contribution in [0.2, 0.25) is 0 Å². The normalized spacial score (nSPS) is 13.9. The van der Waals surface area contributed by atoms with Crippen LogP contribution in [-0.4, -0.2) is 36.4 Å². The van der Waals surface area contributed by atoms with Gasteiger partial charge in [0.2, 0.25) is 0 Å². The van der Waals surface area contributed by atoms with Crippen LogP contribution in [0.5, 0.6) is 5.75 Å². The fourth-order valence-electron chi connectivity index (χ4n) is 3.33. The van der Waals surface area contributed by atoms with Crippen molar-refractivity contribution in [3.63, 3.8) is 0 Å². The Bertz CT molecular complexity index is 1100. The predicted octanol–water partition coefficient (Wildman–Crippen LogP) is 2.00. The molecule has 1 aromatic carbocycles. The zero-order chi connectivity index (χ0) is 19.7. The number of phenolic OH excluding ortho intramolecular Hbond substituents is 1. The minimum Gasteiger partial charge on any atom is -0.502 e. The molecular formula is C19H17N5O4. The van der Waals surface area contributed by atoms with E-state index in [1.807, 2.05) is 4.90 Å². The van der Waals surface area contributed by atoms with Gasteiger partial charge in [-0.2, -0.15) is 0 Å². The molecular weight excluding hydrogens is 362 g/mol. The number of nitro groups is 1. The summed E-state index contributed by atoms with van der Waals surface area (Å²) in [6.07, 6.45) is 3.90. The van der Waals surface area contributed by atoms with Crippen molar-refractivity contribution >= 4 is 5.69 Å². The molecule has 3 heterocycles. The van der Waals surface area contributed by atoms with Crippen molar-refractivity contribution in [2.24, 2.45) is 0 Å². The van der Waals surface area contributed by atoms with Crippen molar-refractivity contribution in [3.8, 4) is 17.1 Å². The number of nitrogens with one attached hydrogen (secondary N) is 1. The summed E-state index contributed by atoms with van der Waals surface area (Å²) in [6.45, 7) is 1.52. The number of fused-ring (bicyclic) bond motifs is 1. The quantitative estimate of drug-likeness (QED) is 0.524. The first-order chi connectivity index (χ1) is 13.5. The summed E-state index contributed by atoms with van der Waals surface area (Å²) in [5.74, 6) is 0.163. The van der Waals surface area contributed by atoms with Gasteiger partial charge < -0.3 is 10.1 Å². The van der Waals surface area contributed by atoms with Crippen molar-refractivity contribution in [2.75, 3.05) is 6.54 Å². The third-order valence-corrected chi connectivity index (χ3v) is 4.74. The number of rotatable bonds is 4. The molecule has 0 bridgehead atoms. The molecule has 0 amide bonds. The highest BCUT2D eigenvalue weighted by Gasteiger charge is 2.22. The number of pyridine rings is 1. The first-order valence-electron chi connectivity index (χ1n) is 8.72. The molecule has 9 heteroatoms. The van der Waals surface area contributed by atoms with Crippen LogP contribution in [0.25, 0.3) is 11.4 Å². The lowest BCUT2D eigenvalue weighted by molar-refractivity contribution is -0.385. The number of aromatic nitrogens is 3. The van der Waals surface area contributed by atoms with Crippen LogP contribution >= 0.6 is 0 Å². The van der Waals surface area contributed by atoms with Crippen LogP contribution in [0.3, 0.4) is 0 Å². The Morgan fingerprint density at radius 1 is 1.25 bits per heavy atom. The van der Waals surface area contributed by atoms with Gasteiger partial charge in [0, 0.05) is 50.1 Å². The van der Waals surface area contributed by atoms with Gasteiger partial charge in [0.15, 0.2) is 5.75 Å². The maximum Gasteiger partial charge on any atom is 0.311 e. The largest absolute Gasteiger partial charge is 0.502 e. The van der Waals surface area contributed by atoms with Gasteiger partial charge in [0.1, 0.15) is 5.82 Å². The Balaban J connectivity index is 1.57. The van der Waals surface area contributed by atoms with Crippen molar-refractivity contribution < 1.29 is 10.0 Å². The number of benzene rings is 1. The van der Waals surface area contributed by atoms with Crippen LogP contribution < -0.4 is 5.56 Å². The summed E-state index contributed by atoms with van der Waals surface area (Å²) in [4.78, 5) is 36.4. The second-order valence-electron chi connectivity index (χ2n) is 6.62. The van der Waals surface area contributed by atoms with E-state index in [0.717, 1.165) is 11.3 Å². The number of nitro benzene ring substituents is 1. The summed E-state index contributed by atoms with van der Waals surface area (Å²) < 4.78 is 0. The lowest BCUT2D eigenvalue weighted by Gasteiger charge is -2.27. The second kappa shape index (κ2) is 7.20. The zero-order valence-electron chi connectivity index (χ0n) is 14.8. The Kier molecular flexibility index (Phi) is 4.58. The van der Waals surface area contributed by atoms with E-state index >= 15 is 0 Å².